The molecule has 0 aliphatic heterocycles. The van der Waals surface area contributed by atoms with Gasteiger partial charge in [0, 0.05) is 30.9 Å². The highest BCUT2D eigenvalue weighted by Gasteiger charge is 2.13. The quantitative estimate of drug-likeness (QED) is 0.920. The van der Waals surface area contributed by atoms with E-state index in [1.165, 1.54) is 10.6 Å². The SMILES string of the molecule is Cc1cn(C)nc1-n1cc(F)cc(NC(C)C)c1=O. The number of hydrogen-bond donors (Lipinski definition) is 1. The largest absolute Gasteiger partial charge is 0.378 e. The lowest BCUT2D eigenvalue weighted by Crippen LogP contribution is -2.25. The first-order valence-corrected chi connectivity index (χ1v) is 6.08. The highest BCUT2D eigenvalue weighted by atomic mass is 19.1. The average Bonchev–Trinajstić information content (AvgIpc) is 2.62. The second-order valence-electron chi connectivity index (χ2n) is 4.86. The molecule has 0 aromatic carbocycles. The fourth-order valence-electron chi connectivity index (χ4n) is 1.95. The molecule has 0 fully saturated rings. The van der Waals surface area contributed by atoms with Crippen molar-refractivity contribution in [2.24, 2.45) is 7.05 Å². The lowest BCUT2D eigenvalue weighted by Gasteiger charge is -2.11. The number of nitrogens with one attached hydrogen (secondary N) is 1. The molecular weight excluding hydrogens is 247 g/mol. The van der Waals surface area contributed by atoms with Gasteiger partial charge in [-0.1, -0.05) is 0 Å². The van der Waals surface area contributed by atoms with Crippen molar-refractivity contribution in [2.75, 3.05) is 5.32 Å². The number of halogens is 1. The van der Waals surface area contributed by atoms with Crippen LogP contribution in [0.15, 0.2) is 23.3 Å². The number of nitrogens with zero attached hydrogens (tertiary/aromatic N) is 3. The molecule has 0 spiro atoms. The molecule has 0 aliphatic carbocycles. The van der Waals surface area contributed by atoms with Crippen LogP contribution in [0.1, 0.15) is 19.4 Å². The second-order valence-corrected chi connectivity index (χ2v) is 4.86. The zero-order valence-corrected chi connectivity index (χ0v) is 11.4. The third-order valence-electron chi connectivity index (χ3n) is 2.64. The molecule has 19 heavy (non-hydrogen) atoms. The van der Waals surface area contributed by atoms with Crippen molar-refractivity contribution in [2.45, 2.75) is 26.8 Å². The van der Waals surface area contributed by atoms with Crippen LogP contribution in [-0.2, 0) is 7.05 Å². The minimum Gasteiger partial charge on any atom is -0.378 e. The lowest BCUT2D eigenvalue weighted by atomic mass is 10.3. The van der Waals surface area contributed by atoms with E-state index in [2.05, 4.69) is 10.4 Å². The van der Waals surface area contributed by atoms with E-state index in [0.29, 0.717) is 5.82 Å². The van der Waals surface area contributed by atoms with E-state index in [1.807, 2.05) is 20.8 Å². The van der Waals surface area contributed by atoms with Gasteiger partial charge in [0.2, 0.25) is 0 Å². The Morgan fingerprint density at radius 2 is 2.05 bits per heavy atom. The van der Waals surface area contributed by atoms with E-state index in [0.717, 1.165) is 11.8 Å². The first-order chi connectivity index (χ1) is 8.88. The van der Waals surface area contributed by atoms with Gasteiger partial charge in [-0.05, 0) is 20.8 Å². The molecular formula is C13H17FN4O. The average molecular weight is 264 g/mol. The molecule has 1 N–H and O–H groups in total. The molecule has 0 bridgehead atoms. The van der Waals surface area contributed by atoms with Crippen molar-refractivity contribution >= 4 is 5.69 Å². The maximum absolute atomic E-state index is 13.6. The maximum atomic E-state index is 13.6. The summed E-state index contributed by atoms with van der Waals surface area (Å²) >= 11 is 0. The summed E-state index contributed by atoms with van der Waals surface area (Å²) in [6.07, 6.45) is 2.94. The Labute approximate surface area is 110 Å². The van der Waals surface area contributed by atoms with E-state index in [1.54, 1.807) is 17.9 Å². The number of aromatic nitrogens is 3. The maximum Gasteiger partial charge on any atom is 0.279 e. The smallest absolute Gasteiger partial charge is 0.279 e. The Kier molecular flexibility index (Phi) is 3.42. The van der Waals surface area contributed by atoms with Crippen LogP contribution in [0.25, 0.3) is 5.82 Å². The summed E-state index contributed by atoms with van der Waals surface area (Å²) in [6, 6.07) is 1.25. The van der Waals surface area contributed by atoms with Crippen LogP contribution in [0, 0.1) is 12.7 Å². The number of pyridine rings is 1. The monoisotopic (exact) mass is 264 g/mol. The van der Waals surface area contributed by atoms with Crippen LogP contribution in [0.3, 0.4) is 0 Å². The fourth-order valence-corrected chi connectivity index (χ4v) is 1.95. The minimum absolute atomic E-state index is 0.0489. The second kappa shape index (κ2) is 4.87. The Morgan fingerprint density at radius 1 is 1.37 bits per heavy atom. The van der Waals surface area contributed by atoms with Crippen molar-refractivity contribution in [3.8, 4) is 5.82 Å². The van der Waals surface area contributed by atoms with E-state index >= 15 is 0 Å². The summed E-state index contributed by atoms with van der Waals surface area (Å²) in [5.74, 6) is -0.0355. The van der Waals surface area contributed by atoms with Crippen molar-refractivity contribution < 1.29 is 4.39 Å². The first-order valence-electron chi connectivity index (χ1n) is 6.08. The van der Waals surface area contributed by atoms with Crippen LogP contribution in [0.2, 0.25) is 0 Å². The summed E-state index contributed by atoms with van der Waals surface area (Å²) in [6.45, 7) is 5.61. The molecule has 5 nitrogen and oxygen atoms in total. The third-order valence-corrected chi connectivity index (χ3v) is 2.64. The predicted octanol–water partition coefficient (Wildman–Crippen LogP) is 1.84. The fraction of sp³-hybridized carbons (Fsp3) is 0.385. The van der Waals surface area contributed by atoms with Crippen LogP contribution in [-0.4, -0.2) is 20.4 Å². The highest BCUT2D eigenvalue weighted by Crippen LogP contribution is 2.12. The first kappa shape index (κ1) is 13.3. The van der Waals surface area contributed by atoms with Crippen molar-refractivity contribution in [1.29, 1.82) is 0 Å². The van der Waals surface area contributed by atoms with Crippen molar-refractivity contribution in [3.05, 3.63) is 40.2 Å². The molecule has 0 saturated carbocycles. The van der Waals surface area contributed by atoms with E-state index in [-0.39, 0.29) is 17.3 Å². The third kappa shape index (κ3) is 2.67. The van der Waals surface area contributed by atoms with Crippen LogP contribution in [0.4, 0.5) is 10.1 Å². The summed E-state index contributed by atoms with van der Waals surface area (Å²) in [7, 11) is 1.76. The zero-order valence-electron chi connectivity index (χ0n) is 11.4. The zero-order chi connectivity index (χ0) is 14.2. The molecule has 0 aliphatic rings. The highest BCUT2D eigenvalue weighted by molar-refractivity contribution is 5.45. The van der Waals surface area contributed by atoms with Gasteiger partial charge in [-0.3, -0.25) is 14.0 Å². The lowest BCUT2D eigenvalue weighted by molar-refractivity contribution is 0.610. The van der Waals surface area contributed by atoms with E-state index in [4.69, 9.17) is 0 Å². The molecule has 0 unspecified atom stereocenters. The van der Waals surface area contributed by atoms with Gasteiger partial charge in [0.15, 0.2) is 5.82 Å². The van der Waals surface area contributed by atoms with E-state index in [9.17, 15) is 9.18 Å². The topological polar surface area (TPSA) is 51.9 Å². The summed E-state index contributed by atoms with van der Waals surface area (Å²) in [5, 5.41) is 7.13. The van der Waals surface area contributed by atoms with Gasteiger partial charge in [-0.25, -0.2) is 4.39 Å². The molecule has 0 amide bonds. The number of rotatable bonds is 3. The Balaban J connectivity index is 2.61. The summed E-state index contributed by atoms with van der Waals surface area (Å²) in [4.78, 5) is 12.3. The van der Waals surface area contributed by atoms with Gasteiger partial charge in [-0.15, -0.1) is 0 Å². The predicted molar refractivity (Wildman–Crippen MR) is 72.3 cm³/mol. The van der Waals surface area contributed by atoms with Gasteiger partial charge in [-0.2, -0.15) is 5.10 Å². The van der Waals surface area contributed by atoms with Gasteiger partial charge in [0.25, 0.3) is 5.56 Å². The minimum atomic E-state index is -0.479. The van der Waals surface area contributed by atoms with Crippen LogP contribution >= 0.6 is 0 Å². The summed E-state index contributed by atoms with van der Waals surface area (Å²) < 4.78 is 16.5. The molecule has 0 saturated heterocycles. The van der Waals surface area contributed by atoms with Crippen LogP contribution in [0.5, 0.6) is 0 Å². The van der Waals surface area contributed by atoms with Gasteiger partial charge in [0.1, 0.15) is 11.5 Å². The van der Waals surface area contributed by atoms with Crippen LogP contribution < -0.4 is 10.9 Å². The number of hydrogen-bond acceptors (Lipinski definition) is 3. The van der Waals surface area contributed by atoms with Gasteiger partial charge in [0.05, 0.1) is 6.20 Å². The Bertz CT molecular complexity index is 657. The molecule has 0 atom stereocenters. The molecule has 6 heteroatoms. The standard InChI is InChI=1S/C13H17FN4O/c1-8(2)15-11-5-10(14)7-18(13(11)19)12-9(3)6-17(4)16-12/h5-8,15H,1-4H3. The Morgan fingerprint density at radius 3 is 2.58 bits per heavy atom. The molecule has 2 aromatic heterocycles. The van der Waals surface area contributed by atoms with Crippen molar-refractivity contribution in [1.82, 2.24) is 14.3 Å². The van der Waals surface area contributed by atoms with Gasteiger partial charge < -0.3 is 5.32 Å². The number of anilines is 1. The van der Waals surface area contributed by atoms with E-state index < -0.39 is 5.82 Å². The van der Waals surface area contributed by atoms with Crippen molar-refractivity contribution in [3.63, 3.8) is 0 Å². The molecule has 2 aromatic rings. The normalized spacial score (nSPS) is 11.1. The molecule has 0 radical (unpaired) electrons. The van der Waals surface area contributed by atoms with Gasteiger partial charge >= 0.3 is 0 Å². The number of aryl methyl sites for hydroxylation is 2. The summed E-state index contributed by atoms with van der Waals surface area (Å²) in [5.41, 5.74) is 0.739. The molecule has 102 valence electrons. The molecule has 2 rings (SSSR count). The molecule has 2 heterocycles. The Hall–Kier alpha value is -2.11.